The fourth-order valence-electron chi connectivity index (χ4n) is 2.63. The fraction of sp³-hybridized carbons (Fsp3) is 0.923. The summed E-state index contributed by atoms with van der Waals surface area (Å²) in [6.45, 7) is 4.21. The lowest BCUT2D eigenvalue weighted by atomic mass is 9.82. The van der Waals surface area contributed by atoms with Gasteiger partial charge in [0.1, 0.15) is 0 Å². The van der Waals surface area contributed by atoms with Gasteiger partial charge in [0.25, 0.3) is 0 Å². The normalized spacial score (nSPS) is 20.7. The van der Waals surface area contributed by atoms with Crippen LogP contribution in [0.15, 0.2) is 0 Å². The molecule has 94 valence electrons. The Labute approximate surface area is 104 Å². The maximum Gasteiger partial charge on any atom is 0.226 e. The molecule has 1 atom stereocenters. The zero-order valence-electron chi connectivity index (χ0n) is 10.5. The Hall–Kier alpha value is -0.240. The van der Waals surface area contributed by atoms with Crippen molar-refractivity contribution < 1.29 is 4.79 Å². The molecule has 2 nitrogen and oxygen atoms in total. The number of halogens is 1. The predicted molar refractivity (Wildman–Crippen MR) is 68.8 cm³/mol. The van der Waals surface area contributed by atoms with E-state index in [1.807, 2.05) is 0 Å². The Bertz CT molecular complexity index is 224. The number of hydrogen-bond donors (Lipinski definition) is 1. The van der Waals surface area contributed by atoms with Gasteiger partial charge in [-0.15, -0.1) is 11.6 Å². The van der Waals surface area contributed by atoms with Gasteiger partial charge in [-0.3, -0.25) is 4.79 Å². The first-order valence-electron chi connectivity index (χ1n) is 6.51. The van der Waals surface area contributed by atoms with Crippen molar-refractivity contribution in [3.63, 3.8) is 0 Å². The first-order valence-corrected chi connectivity index (χ1v) is 7.05. The number of carbonyl (C=O) groups excluding carboxylic acids is 1. The number of nitrogens with one attached hydrogen (secondary N) is 1. The number of amides is 1. The van der Waals surface area contributed by atoms with Gasteiger partial charge < -0.3 is 5.32 Å². The van der Waals surface area contributed by atoms with Crippen molar-refractivity contribution in [3.8, 4) is 0 Å². The molecule has 0 saturated heterocycles. The highest BCUT2D eigenvalue weighted by molar-refractivity contribution is 6.17. The van der Waals surface area contributed by atoms with Crippen molar-refractivity contribution in [2.45, 2.75) is 64.8 Å². The van der Waals surface area contributed by atoms with Crippen LogP contribution in [0.1, 0.15) is 58.8 Å². The molecule has 16 heavy (non-hydrogen) atoms. The van der Waals surface area contributed by atoms with E-state index in [4.69, 9.17) is 11.6 Å². The minimum Gasteiger partial charge on any atom is -0.353 e. The Kier molecular flexibility index (Phi) is 5.60. The molecular weight excluding hydrogens is 222 g/mol. The zero-order valence-corrected chi connectivity index (χ0v) is 11.3. The molecule has 0 radical (unpaired) electrons. The molecule has 1 unspecified atom stereocenters. The fourth-order valence-corrected chi connectivity index (χ4v) is 2.78. The van der Waals surface area contributed by atoms with Crippen LogP contribution in [-0.4, -0.2) is 17.8 Å². The first-order chi connectivity index (χ1) is 7.64. The molecule has 0 aromatic carbocycles. The number of hydrogen-bond acceptors (Lipinski definition) is 1. The van der Waals surface area contributed by atoms with E-state index in [0.717, 1.165) is 32.1 Å². The average molecular weight is 246 g/mol. The molecule has 0 heterocycles. The van der Waals surface area contributed by atoms with Gasteiger partial charge in [-0.25, -0.2) is 0 Å². The van der Waals surface area contributed by atoms with Gasteiger partial charge >= 0.3 is 0 Å². The Morgan fingerprint density at radius 3 is 2.56 bits per heavy atom. The first kappa shape index (κ1) is 13.8. The smallest absolute Gasteiger partial charge is 0.226 e. The van der Waals surface area contributed by atoms with E-state index in [1.54, 1.807) is 0 Å². The molecule has 0 bridgehead atoms. The van der Waals surface area contributed by atoms with E-state index in [1.165, 1.54) is 12.8 Å². The summed E-state index contributed by atoms with van der Waals surface area (Å²) in [4.78, 5) is 12.2. The van der Waals surface area contributed by atoms with Crippen LogP contribution in [0.3, 0.4) is 0 Å². The number of alkyl halides is 1. The highest BCUT2D eigenvalue weighted by Gasteiger charge is 2.39. The second-order valence-corrected chi connectivity index (χ2v) is 5.42. The quantitative estimate of drug-likeness (QED) is 0.714. The summed E-state index contributed by atoms with van der Waals surface area (Å²) >= 11 is 5.65. The predicted octanol–water partition coefficient (Wildman–Crippen LogP) is 3.48. The molecule has 0 aliphatic heterocycles. The Morgan fingerprint density at radius 2 is 2.06 bits per heavy atom. The van der Waals surface area contributed by atoms with Crippen molar-refractivity contribution in [2.75, 3.05) is 5.88 Å². The zero-order chi connectivity index (χ0) is 12.0. The number of rotatable bonds is 6. The third kappa shape index (κ3) is 3.38. The van der Waals surface area contributed by atoms with E-state index in [-0.39, 0.29) is 17.4 Å². The molecule has 1 aliphatic carbocycles. The third-order valence-electron chi connectivity index (χ3n) is 3.87. The van der Waals surface area contributed by atoms with E-state index >= 15 is 0 Å². The lowest BCUT2D eigenvalue weighted by Gasteiger charge is -2.28. The molecule has 0 aromatic rings. The van der Waals surface area contributed by atoms with Gasteiger partial charge in [0.15, 0.2) is 0 Å². The van der Waals surface area contributed by atoms with E-state index in [2.05, 4.69) is 19.2 Å². The minimum atomic E-state index is -0.0603. The van der Waals surface area contributed by atoms with Crippen molar-refractivity contribution in [1.29, 1.82) is 0 Å². The highest BCUT2D eigenvalue weighted by atomic mass is 35.5. The van der Waals surface area contributed by atoms with E-state index < -0.39 is 0 Å². The second kappa shape index (κ2) is 6.48. The summed E-state index contributed by atoms with van der Waals surface area (Å²) in [5, 5.41) is 3.15. The van der Waals surface area contributed by atoms with Crippen molar-refractivity contribution in [3.05, 3.63) is 0 Å². The van der Waals surface area contributed by atoms with Crippen LogP contribution in [-0.2, 0) is 4.79 Å². The molecule has 1 aliphatic rings. The molecule has 1 fully saturated rings. The molecule has 1 rings (SSSR count). The van der Waals surface area contributed by atoms with Crippen molar-refractivity contribution >= 4 is 17.5 Å². The summed E-state index contributed by atoms with van der Waals surface area (Å²) in [5.41, 5.74) is -0.0603. The van der Waals surface area contributed by atoms with Crippen molar-refractivity contribution in [1.82, 2.24) is 5.32 Å². The van der Waals surface area contributed by atoms with Gasteiger partial charge in [0.05, 0.1) is 0 Å². The summed E-state index contributed by atoms with van der Waals surface area (Å²) in [5.74, 6) is 0.952. The van der Waals surface area contributed by atoms with Crippen LogP contribution in [0.5, 0.6) is 0 Å². The molecule has 0 aromatic heterocycles. The van der Waals surface area contributed by atoms with Crippen LogP contribution >= 0.6 is 11.6 Å². The lowest BCUT2D eigenvalue weighted by molar-refractivity contribution is -0.131. The minimum absolute atomic E-state index is 0.0603. The van der Waals surface area contributed by atoms with Crippen LogP contribution < -0.4 is 5.32 Å². The lowest BCUT2D eigenvalue weighted by Crippen LogP contribution is -2.43. The maximum atomic E-state index is 12.2. The van der Waals surface area contributed by atoms with E-state index in [0.29, 0.717) is 5.88 Å². The number of carbonyl (C=O) groups is 1. The average Bonchev–Trinajstić information content (AvgIpc) is 2.76. The van der Waals surface area contributed by atoms with E-state index in [9.17, 15) is 4.79 Å². The molecule has 1 N–H and O–H groups in total. The topological polar surface area (TPSA) is 29.1 Å². The van der Waals surface area contributed by atoms with Crippen LogP contribution in [0.2, 0.25) is 0 Å². The summed E-state index contributed by atoms with van der Waals surface area (Å²) in [6, 6.07) is 0.260. The molecule has 1 amide bonds. The molecule has 0 spiro atoms. The molecule has 3 heteroatoms. The second-order valence-electron chi connectivity index (χ2n) is 5.05. The third-order valence-corrected chi connectivity index (χ3v) is 4.13. The van der Waals surface area contributed by atoms with Crippen LogP contribution in [0, 0.1) is 5.41 Å². The molecular formula is C13H24ClNO. The molecule has 1 saturated carbocycles. The highest BCUT2D eigenvalue weighted by Crippen LogP contribution is 2.41. The Balaban J connectivity index is 2.43. The van der Waals surface area contributed by atoms with Gasteiger partial charge in [-0.05, 0) is 39.0 Å². The van der Waals surface area contributed by atoms with Crippen LogP contribution in [0.25, 0.3) is 0 Å². The monoisotopic (exact) mass is 245 g/mol. The van der Waals surface area contributed by atoms with Gasteiger partial charge in [0.2, 0.25) is 5.91 Å². The summed E-state index contributed by atoms with van der Waals surface area (Å²) in [7, 11) is 0. The Morgan fingerprint density at radius 1 is 1.44 bits per heavy atom. The SMILES string of the molecule is CCC1(C(=O)NC(C)CCCCl)CCCC1. The largest absolute Gasteiger partial charge is 0.353 e. The van der Waals surface area contributed by atoms with Gasteiger partial charge in [-0.1, -0.05) is 19.8 Å². The summed E-state index contributed by atoms with van der Waals surface area (Å²) < 4.78 is 0. The maximum absolute atomic E-state index is 12.2. The van der Waals surface area contributed by atoms with Gasteiger partial charge in [-0.2, -0.15) is 0 Å². The van der Waals surface area contributed by atoms with Crippen molar-refractivity contribution in [2.24, 2.45) is 5.41 Å². The summed E-state index contributed by atoms with van der Waals surface area (Å²) in [6.07, 6.45) is 7.47. The standard InChI is InChI=1S/C13H24ClNO/c1-3-13(8-4-5-9-13)12(16)15-11(2)7-6-10-14/h11H,3-10H2,1-2H3,(H,15,16). The van der Waals surface area contributed by atoms with Crippen LogP contribution in [0.4, 0.5) is 0 Å². The van der Waals surface area contributed by atoms with Gasteiger partial charge in [0, 0.05) is 17.3 Å².